The Morgan fingerprint density at radius 3 is 2.27 bits per heavy atom. The second-order valence-corrected chi connectivity index (χ2v) is 9.07. The number of hydrogen-bond donors (Lipinski definition) is 4. The van der Waals surface area contributed by atoms with Crippen LogP contribution in [0.4, 0.5) is 11.4 Å². The van der Waals surface area contributed by atoms with Gasteiger partial charge in [-0.2, -0.15) is 4.37 Å². The van der Waals surface area contributed by atoms with Crippen molar-refractivity contribution in [1.82, 2.24) is 9.69 Å². The lowest BCUT2D eigenvalue weighted by Crippen LogP contribution is -2.44. The number of nitrogens with zero attached hydrogens (tertiary/aromatic N) is 2. The van der Waals surface area contributed by atoms with Gasteiger partial charge in [-0.3, -0.25) is 19.3 Å². The van der Waals surface area contributed by atoms with Crippen molar-refractivity contribution in [2.45, 2.75) is 19.5 Å². The zero-order valence-electron chi connectivity index (χ0n) is 19.9. The Balaban J connectivity index is 1.84. The second kappa shape index (κ2) is 10.9. The van der Waals surface area contributed by atoms with Gasteiger partial charge in [0.15, 0.2) is 5.69 Å². The molecule has 3 aromatic carbocycles. The number of anilines is 2. The van der Waals surface area contributed by atoms with E-state index in [0.29, 0.717) is 11.3 Å². The standard InChI is InChI=1S/C27H25N5O4S/c1-16-7-5-6-10-20(16)32(27(36)24-21(28)22(25(29)34)31-37-24)23(18-11-13-19(33)14-12-18)26(35)30-15-17-8-3-2-4-9-17/h2-14,23,33H,15,28H2,1H3,(H2,29,34)(H,30,35)/t23-/m1/s1. The van der Waals surface area contributed by atoms with E-state index in [1.54, 1.807) is 24.3 Å². The molecule has 188 valence electrons. The fourth-order valence-electron chi connectivity index (χ4n) is 3.89. The van der Waals surface area contributed by atoms with Gasteiger partial charge in [-0.05, 0) is 53.3 Å². The minimum atomic E-state index is -1.14. The topological polar surface area (TPSA) is 152 Å². The molecular weight excluding hydrogens is 490 g/mol. The van der Waals surface area contributed by atoms with E-state index in [4.69, 9.17) is 11.5 Å². The van der Waals surface area contributed by atoms with Gasteiger partial charge in [0.2, 0.25) is 5.91 Å². The molecule has 0 aliphatic heterocycles. The predicted molar refractivity (Wildman–Crippen MR) is 142 cm³/mol. The van der Waals surface area contributed by atoms with Crippen LogP contribution in [0.3, 0.4) is 0 Å². The van der Waals surface area contributed by atoms with Crippen LogP contribution in [0, 0.1) is 6.92 Å². The van der Waals surface area contributed by atoms with Crippen LogP contribution in [0.5, 0.6) is 5.75 Å². The van der Waals surface area contributed by atoms with E-state index in [9.17, 15) is 19.5 Å². The molecule has 0 saturated heterocycles. The lowest BCUT2D eigenvalue weighted by Gasteiger charge is -2.32. The Labute approximate surface area is 217 Å². The molecule has 0 aliphatic carbocycles. The van der Waals surface area contributed by atoms with Gasteiger partial charge in [0.05, 0.1) is 5.69 Å². The molecule has 1 heterocycles. The monoisotopic (exact) mass is 515 g/mol. The van der Waals surface area contributed by atoms with Gasteiger partial charge < -0.3 is 21.9 Å². The molecule has 1 atom stereocenters. The zero-order chi connectivity index (χ0) is 26.5. The van der Waals surface area contributed by atoms with Crippen LogP contribution in [0.15, 0.2) is 78.9 Å². The molecule has 4 aromatic rings. The smallest absolute Gasteiger partial charge is 0.273 e. The number of nitrogens with two attached hydrogens (primary N) is 2. The van der Waals surface area contributed by atoms with E-state index in [2.05, 4.69) is 9.69 Å². The normalized spacial score (nSPS) is 11.5. The number of nitrogen functional groups attached to an aromatic ring is 1. The summed E-state index contributed by atoms with van der Waals surface area (Å²) in [5.41, 5.74) is 13.6. The van der Waals surface area contributed by atoms with Gasteiger partial charge in [-0.25, -0.2) is 0 Å². The maximum Gasteiger partial charge on any atom is 0.273 e. The molecule has 0 radical (unpaired) electrons. The first kappa shape index (κ1) is 25.4. The third-order valence-corrected chi connectivity index (χ3v) is 6.63. The van der Waals surface area contributed by atoms with Gasteiger partial charge in [0.1, 0.15) is 16.7 Å². The Kier molecular flexibility index (Phi) is 7.49. The third kappa shape index (κ3) is 5.44. The highest BCUT2D eigenvalue weighted by Crippen LogP contribution is 2.35. The van der Waals surface area contributed by atoms with E-state index in [-0.39, 0.29) is 28.6 Å². The number of carbonyl (C=O) groups excluding carboxylic acids is 3. The third-order valence-electron chi connectivity index (χ3n) is 5.77. The molecule has 9 nitrogen and oxygen atoms in total. The molecule has 3 amide bonds. The van der Waals surface area contributed by atoms with E-state index in [0.717, 1.165) is 22.7 Å². The highest BCUT2D eigenvalue weighted by atomic mass is 32.1. The summed E-state index contributed by atoms with van der Waals surface area (Å²) in [4.78, 5) is 40.9. The van der Waals surface area contributed by atoms with Crippen LogP contribution in [-0.4, -0.2) is 27.2 Å². The van der Waals surface area contributed by atoms with Crippen molar-refractivity contribution in [2.24, 2.45) is 5.73 Å². The lowest BCUT2D eigenvalue weighted by molar-refractivity contribution is -0.122. The van der Waals surface area contributed by atoms with Crippen LogP contribution in [-0.2, 0) is 11.3 Å². The minimum Gasteiger partial charge on any atom is -0.508 e. The van der Waals surface area contributed by atoms with Gasteiger partial charge in [-0.1, -0.05) is 60.7 Å². The summed E-state index contributed by atoms with van der Waals surface area (Å²) in [5.74, 6) is -1.92. The Bertz CT molecular complexity index is 1440. The molecule has 0 saturated carbocycles. The molecule has 1 aromatic heterocycles. The first-order valence-corrected chi connectivity index (χ1v) is 12.1. The van der Waals surface area contributed by atoms with Crippen LogP contribution < -0.4 is 21.7 Å². The summed E-state index contributed by atoms with van der Waals surface area (Å²) in [6, 6.07) is 21.4. The molecule has 6 N–H and O–H groups in total. The van der Waals surface area contributed by atoms with Gasteiger partial charge in [-0.15, -0.1) is 0 Å². The number of benzene rings is 3. The molecular formula is C27H25N5O4S. The number of rotatable bonds is 8. The number of amides is 3. The molecule has 10 heteroatoms. The van der Waals surface area contributed by atoms with Crippen LogP contribution >= 0.6 is 11.5 Å². The molecule has 37 heavy (non-hydrogen) atoms. The number of aryl methyl sites for hydroxylation is 1. The largest absolute Gasteiger partial charge is 0.508 e. The number of aromatic nitrogens is 1. The quantitative estimate of drug-likeness (QED) is 0.282. The van der Waals surface area contributed by atoms with Crippen LogP contribution in [0.1, 0.15) is 42.9 Å². The van der Waals surface area contributed by atoms with E-state index >= 15 is 0 Å². The molecule has 0 spiro atoms. The average molecular weight is 516 g/mol. The molecule has 0 aliphatic rings. The number of aromatic hydroxyl groups is 1. The fraction of sp³-hybridized carbons (Fsp3) is 0.111. The summed E-state index contributed by atoms with van der Waals surface area (Å²) in [6.45, 7) is 2.05. The van der Waals surface area contributed by atoms with Crippen molar-refractivity contribution in [1.29, 1.82) is 0 Å². The van der Waals surface area contributed by atoms with Gasteiger partial charge in [0.25, 0.3) is 11.8 Å². The maximum absolute atomic E-state index is 14.0. The number of nitrogens with one attached hydrogen (secondary N) is 1. The number of hydrogen-bond acceptors (Lipinski definition) is 7. The molecule has 0 bridgehead atoms. The van der Waals surface area contributed by atoms with Crippen LogP contribution in [0.25, 0.3) is 0 Å². The maximum atomic E-state index is 14.0. The van der Waals surface area contributed by atoms with Crippen molar-refractivity contribution in [2.75, 3.05) is 10.6 Å². The Morgan fingerprint density at radius 1 is 1.00 bits per heavy atom. The fourth-order valence-corrected chi connectivity index (χ4v) is 4.64. The number of carbonyl (C=O) groups is 3. The molecule has 0 unspecified atom stereocenters. The van der Waals surface area contributed by atoms with E-state index < -0.39 is 23.8 Å². The van der Waals surface area contributed by atoms with Crippen molar-refractivity contribution in [3.63, 3.8) is 0 Å². The first-order valence-electron chi connectivity index (χ1n) is 11.3. The van der Waals surface area contributed by atoms with Crippen molar-refractivity contribution in [3.05, 3.63) is 106 Å². The molecule has 0 fully saturated rings. The molecule has 4 rings (SSSR count). The van der Waals surface area contributed by atoms with Crippen molar-refractivity contribution in [3.8, 4) is 5.75 Å². The van der Waals surface area contributed by atoms with E-state index in [1.165, 1.54) is 17.0 Å². The number of phenolic OH excluding ortho intramolecular Hbond substituents is 1. The summed E-state index contributed by atoms with van der Waals surface area (Å²) < 4.78 is 3.96. The number of para-hydroxylation sites is 1. The first-order chi connectivity index (χ1) is 17.8. The SMILES string of the molecule is Cc1ccccc1N(C(=O)c1snc(C(N)=O)c1N)[C@@H](C(=O)NCc1ccccc1)c1ccc(O)cc1. The highest BCUT2D eigenvalue weighted by molar-refractivity contribution is 7.09. The summed E-state index contributed by atoms with van der Waals surface area (Å²) in [6.07, 6.45) is 0. The zero-order valence-corrected chi connectivity index (χ0v) is 20.7. The second-order valence-electron chi connectivity index (χ2n) is 8.30. The highest BCUT2D eigenvalue weighted by Gasteiger charge is 2.36. The minimum absolute atomic E-state index is 0.0127. The summed E-state index contributed by atoms with van der Waals surface area (Å²) >= 11 is 0.740. The van der Waals surface area contributed by atoms with E-state index in [1.807, 2.05) is 49.4 Å². The average Bonchev–Trinajstić information content (AvgIpc) is 3.29. The number of primary amides is 1. The summed E-state index contributed by atoms with van der Waals surface area (Å²) in [5, 5.41) is 12.8. The lowest BCUT2D eigenvalue weighted by atomic mass is 10.0. The summed E-state index contributed by atoms with van der Waals surface area (Å²) in [7, 11) is 0. The van der Waals surface area contributed by atoms with Crippen molar-refractivity contribution < 1.29 is 19.5 Å². The Hall–Kier alpha value is -4.70. The van der Waals surface area contributed by atoms with Crippen LogP contribution in [0.2, 0.25) is 0 Å². The number of phenols is 1. The Morgan fingerprint density at radius 2 is 1.65 bits per heavy atom. The predicted octanol–water partition coefficient (Wildman–Crippen LogP) is 3.54. The van der Waals surface area contributed by atoms with Gasteiger partial charge in [0, 0.05) is 12.2 Å². The van der Waals surface area contributed by atoms with Gasteiger partial charge >= 0.3 is 0 Å². The van der Waals surface area contributed by atoms with Crippen molar-refractivity contribution >= 4 is 40.6 Å².